The van der Waals surface area contributed by atoms with Gasteiger partial charge in [-0.05, 0) is 25.5 Å². The van der Waals surface area contributed by atoms with Crippen LogP contribution >= 0.6 is 0 Å². The van der Waals surface area contributed by atoms with E-state index in [1.165, 1.54) is 5.41 Å². The van der Waals surface area contributed by atoms with Crippen LogP contribution in [0.3, 0.4) is 0 Å². The molecule has 1 aromatic carbocycles. The molecule has 0 aliphatic rings. The molecule has 0 amide bonds. The quantitative estimate of drug-likeness (QED) is 0.768. The van der Waals surface area contributed by atoms with Crippen LogP contribution in [0.2, 0.25) is 0 Å². The third kappa shape index (κ3) is 3.00. The Morgan fingerprint density at radius 1 is 1.14 bits per heavy atom. The normalized spacial score (nSPS) is 12.5. The van der Waals surface area contributed by atoms with E-state index in [-0.39, 0.29) is 5.25 Å². The highest BCUT2D eigenvalue weighted by Crippen LogP contribution is 2.07. The molecule has 76 valence electrons. The van der Waals surface area contributed by atoms with E-state index in [9.17, 15) is 8.42 Å². The number of rotatable bonds is 3. The molecular formula is C11H14O2S. The fourth-order valence-electron chi connectivity index (χ4n) is 0.895. The van der Waals surface area contributed by atoms with Gasteiger partial charge < -0.3 is 0 Å². The molecule has 0 fully saturated rings. The van der Waals surface area contributed by atoms with Gasteiger partial charge in [-0.1, -0.05) is 30.3 Å². The average molecular weight is 210 g/mol. The number of hydrogen-bond acceptors (Lipinski definition) is 2. The number of hydrogen-bond donors (Lipinski definition) is 0. The number of benzene rings is 1. The minimum atomic E-state index is -3.08. The van der Waals surface area contributed by atoms with Gasteiger partial charge in [-0.2, -0.15) is 0 Å². The monoisotopic (exact) mass is 210 g/mol. The lowest BCUT2D eigenvalue weighted by atomic mass is 10.2. The van der Waals surface area contributed by atoms with Crippen molar-refractivity contribution < 1.29 is 8.42 Å². The summed E-state index contributed by atoms with van der Waals surface area (Å²) in [6.45, 7) is 3.34. The average Bonchev–Trinajstić information content (AvgIpc) is 2.16. The van der Waals surface area contributed by atoms with Crippen LogP contribution in [-0.4, -0.2) is 13.7 Å². The van der Waals surface area contributed by atoms with Gasteiger partial charge in [0.05, 0.1) is 5.25 Å². The van der Waals surface area contributed by atoms with Crippen molar-refractivity contribution in [3.63, 3.8) is 0 Å². The maximum Gasteiger partial charge on any atom is 0.173 e. The zero-order valence-electron chi connectivity index (χ0n) is 8.34. The Kier molecular flexibility index (Phi) is 3.47. The molecule has 0 aromatic heterocycles. The second-order valence-electron chi connectivity index (χ2n) is 3.35. The molecule has 2 nitrogen and oxygen atoms in total. The Balaban J connectivity index is 2.85. The molecule has 3 heteroatoms. The van der Waals surface area contributed by atoms with E-state index in [1.54, 1.807) is 19.9 Å². The fourth-order valence-corrected chi connectivity index (χ4v) is 1.56. The topological polar surface area (TPSA) is 34.1 Å². The molecule has 1 aromatic rings. The lowest BCUT2D eigenvalue weighted by molar-refractivity contribution is 0.596. The van der Waals surface area contributed by atoms with Crippen LogP contribution in [0.15, 0.2) is 35.7 Å². The highest BCUT2D eigenvalue weighted by atomic mass is 32.2. The summed E-state index contributed by atoms with van der Waals surface area (Å²) in [6.07, 6.45) is 1.62. The molecule has 0 atom stereocenters. The van der Waals surface area contributed by atoms with Crippen molar-refractivity contribution in [1.29, 1.82) is 0 Å². The number of sulfone groups is 1. The first kappa shape index (κ1) is 11.0. The second-order valence-corrected chi connectivity index (χ2v) is 5.74. The summed E-state index contributed by atoms with van der Waals surface area (Å²) in [5.41, 5.74) is 0.900. The summed E-state index contributed by atoms with van der Waals surface area (Å²) in [5.74, 6) is 0. The highest BCUT2D eigenvalue weighted by Gasteiger charge is 2.10. The van der Waals surface area contributed by atoms with Crippen molar-refractivity contribution in [3.8, 4) is 0 Å². The van der Waals surface area contributed by atoms with Gasteiger partial charge in [0, 0.05) is 5.41 Å². The van der Waals surface area contributed by atoms with E-state index in [4.69, 9.17) is 0 Å². The third-order valence-electron chi connectivity index (χ3n) is 1.91. The van der Waals surface area contributed by atoms with Crippen molar-refractivity contribution in [2.24, 2.45) is 0 Å². The minimum absolute atomic E-state index is 0.359. The smallest absolute Gasteiger partial charge is 0.173 e. The van der Waals surface area contributed by atoms with E-state index in [2.05, 4.69) is 0 Å². The van der Waals surface area contributed by atoms with Gasteiger partial charge in [0.25, 0.3) is 0 Å². The molecule has 0 aliphatic heterocycles. The first-order valence-corrected chi connectivity index (χ1v) is 6.10. The summed E-state index contributed by atoms with van der Waals surface area (Å²) < 4.78 is 22.8. The zero-order valence-corrected chi connectivity index (χ0v) is 9.16. The van der Waals surface area contributed by atoms with Gasteiger partial charge in [0.1, 0.15) is 0 Å². The molecule has 1 rings (SSSR count). The van der Waals surface area contributed by atoms with E-state index in [1.807, 2.05) is 30.3 Å². The maximum absolute atomic E-state index is 11.4. The van der Waals surface area contributed by atoms with Crippen molar-refractivity contribution >= 4 is 15.9 Å². The molecule has 0 saturated carbocycles. The molecule has 0 heterocycles. The minimum Gasteiger partial charge on any atom is -0.224 e. The lowest BCUT2D eigenvalue weighted by Crippen LogP contribution is -2.09. The van der Waals surface area contributed by atoms with Crippen LogP contribution in [0, 0.1) is 0 Å². The molecule has 0 saturated heterocycles. The summed E-state index contributed by atoms with van der Waals surface area (Å²) in [6, 6.07) is 9.39. The van der Waals surface area contributed by atoms with Gasteiger partial charge in [0.15, 0.2) is 9.84 Å². The van der Waals surface area contributed by atoms with Crippen molar-refractivity contribution in [2.45, 2.75) is 19.1 Å². The second kappa shape index (κ2) is 4.42. The van der Waals surface area contributed by atoms with Crippen LogP contribution in [0.5, 0.6) is 0 Å². The Bertz CT molecular complexity index is 402. The molecule has 0 radical (unpaired) electrons. The first-order chi connectivity index (χ1) is 6.52. The van der Waals surface area contributed by atoms with Crippen molar-refractivity contribution in [3.05, 3.63) is 41.3 Å². The standard InChI is InChI=1S/C11H14O2S/c1-10(2)14(12,13)9-8-11-6-4-3-5-7-11/h3-10H,1-2H3. The van der Waals surface area contributed by atoms with E-state index >= 15 is 0 Å². The van der Waals surface area contributed by atoms with E-state index in [0.29, 0.717) is 0 Å². The lowest BCUT2D eigenvalue weighted by Gasteiger charge is -2.00. The summed E-state index contributed by atoms with van der Waals surface area (Å²) >= 11 is 0. The van der Waals surface area contributed by atoms with Crippen LogP contribution < -0.4 is 0 Å². The van der Waals surface area contributed by atoms with E-state index < -0.39 is 9.84 Å². The van der Waals surface area contributed by atoms with Gasteiger partial charge >= 0.3 is 0 Å². The molecule has 14 heavy (non-hydrogen) atoms. The Labute approximate surface area is 85.2 Å². The van der Waals surface area contributed by atoms with Crippen LogP contribution in [0.25, 0.3) is 6.08 Å². The predicted octanol–water partition coefficient (Wildman–Crippen LogP) is 2.48. The van der Waals surface area contributed by atoms with Crippen molar-refractivity contribution in [2.75, 3.05) is 0 Å². The zero-order chi connectivity index (χ0) is 10.6. The third-order valence-corrected chi connectivity index (χ3v) is 3.74. The highest BCUT2D eigenvalue weighted by molar-refractivity contribution is 7.94. The van der Waals surface area contributed by atoms with Gasteiger partial charge in [-0.25, -0.2) is 8.42 Å². The Hall–Kier alpha value is -1.09. The van der Waals surface area contributed by atoms with Crippen LogP contribution in [0.1, 0.15) is 19.4 Å². The summed E-state index contributed by atoms with van der Waals surface area (Å²) in [5, 5.41) is 0.912. The van der Waals surface area contributed by atoms with Gasteiger partial charge in [-0.15, -0.1) is 0 Å². The summed E-state index contributed by atoms with van der Waals surface area (Å²) in [7, 11) is -3.08. The fraction of sp³-hybridized carbons (Fsp3) is 0.273. The van der Waals surface area contributed by atoms with Crippen LogP contribution in [0.4, 0.5) is 0 Å². The van der Waals surface area contributed by atoms with Crippen molar-refractivity contribution in [1.82, 2.24) is 0 Å². The molecular weight excluding hydrogens is 196 g/mol. The van der Waals surface area contributed by atoms with Gasteiger partial charge in [-0.3, -0.25) is 0 Å². The maximum atomic E-state index is 11.4. The van der Waals surface area contributed by atoms with Gasteiger partial charge in [0.2, 0.25) is 0 Å². The SMILES string of the molecule is CC(C)S(=O)(=O)C=Cc1ccccc1. The predicted molar refractivity (Wildman–Crippen MR) is 59.5 cm³/mol. The molecule has 0 bridgehead atoms. The van der Waals surface area contributed by atoms with Crippen LogP contribution in [-0.2, 0) is 9.84 Å². The van der Waals surface area contributed by atoms with E-state index in [0.717, 1.165) is 5.56 Å². The Morgan fingerprint density at radius 3 is 2.21 bits per heavy atom. The molecule has 0 aliphatic carbocycles. The molecule has 0 unspecified atom stereocenters. The molecule has 0 N–H and O–H groups in total. The molecule has 0 spiro atoms. The largest absolute Gasteiger partial charge is 0.224 e. The summed E-state index contributed by atoms with van der Waals surface area (Å²) in [4.78, 5) is 0. The first-order valence-electron chi connectivity index (χ1n) is 4.49. The Morgan fingerprint density at radius 2 is 1.71 bits per heavy atom.